The van der Waals surface area contributed by atoms with Gasteiger partial charge in [0.15, 0.2) is 0 Å². The Labute approximate surface area is 171 Å². The van der Waals surface area contributed by atoms with Crippen molar-refractivity contribution in [3.05, 3.63) is 84.9 Å². The fourth-order valence-corrected chi connectivity index (χ4v) is 8.31. The minimum atomic E-state index is -2.62. The van der Waals surface area contributed by atoms with E-state index in [0.717, 1.165) is 5.69 Å². The predicted molar refractivity (Wildman–Crippen MR) is 116 cm³/mol. The maximum absolute atomic E-state index is 6.82. The lowest BCUT2D eigenvalue weighted by Gasteiger charge is -2.42. The van der Waals surface area contributed by atoms with Crippen molar-refractivity contribution in [1.82, 2.24) is 15.2 Å². The average Bonchev–Trinajstić information content (AvgIpc) is 3.41. The van der Waals surface area contributed by atoms with E-state index in [1.807, 2.05) is 30.5 Å². The van der Waals surface area contributed by atoms with Crippen LogP contribution in [0.1, 0.15) is 26.7 Å². The van der Waals surface area contributed by atoms with Crippen molar-refractivity contribution < 1.29 is 8.84 Å². The summed E-state index contributed by atoms with van der Waals surface area (Å²) in [4.78, 5) is 3.09. The van der Waals surface area contributed by atoms with Crippen LogP contribution < -0.4 is 10.4 Å². The van der Waals surface area contributed by atoms with E-state index in [4.69, 9.17) is 8.84 Å². The molecule has 0 spiro atoms. The standard InChI is InChI=1S/C23H25N3O2Si/c1-23(2,3)29(18-11-6-4-7-12-18,19-13-8-5-9-14-19)27-17-21-25-26-22(28-21)20-15-10-16-24-20/h4-16,24H,17H2,1-3H3. The molecule has 0 aliphatic rings. The number of benzene rings is 2. The first-order chi connectivity index (χ1) is 14.0. The highest BCUT2D eigenvalue weighted by Gasteiger charge is 2.50. The second-order valence-corrected chi connectivity index (χ2v) is 12.3. The summed E-state index contributed by atoms with van der Waals surface area (Å²) in [5.74, 6) is 0.943. The van der Waals surface area contributed by atoms with Crippen LogP contribution in [0, 0.1) is 0 Å². The van der Waals surface area contributed by atoms with Crippen LogP contribution in [0.3, 0.4) is 0 Å². The van der Waals surface area contributed by atoms with Gasteiger partial charge in [-0.25, -0.2) is 0 Å². The zero-order chi connectivity index (χ0) is 20.3. The molecule has 148 valence electrons. The van der Waals surface area contributed by atoms with Gasteiger partial charge in [0.2, 0.25) is 5.89 Å². The monoisotopic (exact) mass is 403 g/mol. The molecule has 0 amide bonds. The van der Waals surface area contributed by atoms with Gasteiger partial charge in [-0.05, 0) is 27.5 Å². The zero-order valence-corrected chi connectivity index (χ0v) is 17.9. The summed E-state index contributed by atoms with van der Waals surface area (Å²) >= 11 is 0. The van der Waals surface area contributed by atoms with E-state index < -0.39 is 8.32 Å². The maximum Gasteiger partial charge on any atom is 0.264 e. The van der Waals surface area contributed by atoms with E-state index in [1.165, 1.54) is 10.4 Å². The summed E-state index contributed by atoms with van der Waals surface area (Å²) < 4.78 is 12.7. The normalized spacial score (nSPS) is 12.2. The molecular formula is C23H25N3O2Si. The summed E-state index contributed by atoms with van der Waals surface area (Å²) in [7, 11) is -2.62. The van der Waals surface area contributed by atoms with Crippen LogP contribution >= 0.6 is 0 Å². The van der Waals surface area contributed by atoms with Crippen molar-refractivity contribution in [2.24, 2.45) is 0 Å². The van der Waals surface area contributed by atoms with Crippen LogP contribution in [0.15, 0.2) is 83.4 Å². The molecule has 29 heavy (non-hydrogen) atoms. The van der Waals surface area contributed by atoms with Crippen LogP contribution in [0.2, 0.25) is 5.04 Å². The van der Waals surface area contributed by atoms with Crippen LogP contribution in [0.25, 0.3) is 11.6 Å². The molecule has 0 aliphatic heterocycles. The minimum absolute atomic E-state index is 0.0992. The van der Waals surface area contributed by atoms with Crippen LogP contribution in [0.5, 0.6) is 0 Å². The van der Waals surface area contributed by atoms with Crippen molar-refractivity contribution in [2.45, 2.75) is 32.4 Å². The molecule has 0 unspecified atom stereocenters. The number of hydrogen-bond donors (Lipinski definition) is 1. The fourth-order valence-electron chi connectivity index (χ4n) is 3.82. The molecule has 1 N–H and O–H groups in total. The topological polar surface area (TPSA) is 63.9 Å². The molecule has 2 aromatic carbocycles. The van der Waals surface area contributed by atoms with Gasteiger partial charge in [-0.15, -0.1) is 10.2 Å². The Morgan fingerprint density at radius 3 is 2.00 bits per heavy atom. The van der Waals surface area contributed by atoms with Crippen LogP contribution in [-0.2, 0) is 11.0 Å². The number of nitrogens with zero attached hydrogens (tertiary/aromatic N) is 2. The van der Waals surface area contributed by atoms with Gasteiger partial charge < -0.3 is 13.8 Å². The maximum atomic E-state index is 6.82. The first-order valence-corrected chi connectivity index (χ1v) is 11.6. The highest BCUT2D eigenvalue weighted by atomic mass is 28.4. The van der Waals surface area contributed by atoms with E-state index in [2.05, 4.69) is 84.5 Å². The summed E-state index contributed by atoms with van der Waals surface area (Å²) in [6, 6.07) is 24.9. The first-order valence-electron chi connectivity index (χ1n) is 9.72. The first kappa shape index (κ1) is 19.4. The summed E-state index contributed by atoms with van der Waals surface area (Å²) in [6.07, 6.45) is 1.83. The van der Waals surface area contributed by atoms with Crippen molar-refractivity contribution in [3.63, 3.8) is 0 Å². The van der Waals surface area contributed by atoms with E-state index in [9.17, 15) is 0 Å². The Balaban J connectivity index is 1.73. The summed E-state index contributed by atoms with van der Waals surface area (Å²) in [6.45, 7) is 7.01. The fraction of sp³-hybridized carbons (Fsp3) is 0.217. The molecule has 2 heterocycles. The molecule has 0 saturated heterocycles. The number of hydrogen-bond acceptors (Lipinski definition) is 4. The largest absolute Gasteiger partial charge is 0.417 e. The molecule has 6 heteroatoms. The van der Waals surface area contributed by atoms with Crippen molar-refractivity contribution in [3.8, 4) is 11.6 Å². The molecule has 5 nitrogen and oxygen atoms in total. The summed E-state index contributed by atoms with van der Waals surface area (Å²) in [5.41, 5.74) is 0.800. The quantitative estimate of drug-likeness (QED) is 0.492. The lowest BCUT2D eigenvalue weighted by atomic mass is 10.2. The van der Waals surface area contributed by atoms with Gasteiger partial charge >= 0.3 is 0 Å². The number of aromatic amines is 1. The second-order valence-electron chi connectivity index (χ2n) is 8.04. The van der Waals surface area contributed by atoms with E-state index in [1.54, 1.807) is 0 Å². The lowest BCUT2D eigenvalue weighted by molar-refractivity contribution is 0.249. The third kappa shape index (κ3) is 3.69. The highest BCUT2D eigenvalue weighted by molar-refractivity contribution is 6.99. The lowest BCUT2D eigenvalue weighted by Crippen LogP contribution is -2.66. The Morgan fingerprint density at radius 1 is 0.862 bits per heavy atom. The van der Waals surface area contributed by atoms with Gasteiger partial charge in [0.1, 0.15) is 12.3 Å². The number of nitrogens with one attached hydrogen (secondary N) is 1. The van der Waals surface area contributed by atoms with E-state index >= 15 is 0 Å². The minimum Gasteiger partial charge on any atom is -0.417 e. The van der Waals surface area contributed by atoms with Crippen molar-refractivity contribution >= 4 is 18.7 Å². The second kappa shape index (κ2) is 7.81. The SMILES string of the molecule is CC(C)(C)[Si](OCc1nnc(-c2ccc[nH]2)o1)(c1ccccc1)c1ccccc1. The van der Waals surface area contributed by atoms with Gasteiger partial charge in [0, 0.05) is 6.20 Å². The molecule has 0 atom stereocenters. The third-order valence-corrected chi connectivity index (χ3v) is 10.1. The molecule has 0 saturated carbocycles. The van der Waals surface area contributed by atoms with Gasteiger partial charge in [0.05, 0.1) is 0 Å². The van der Waals surface area contributed by atoms with Crippen molar-refractivity contribution in [1.29, 1.82) is 0 Å². The van der Waals surface area contributed by atoms with E-state index in [-0.39, 0.29) is 11.6 Å². The molecule has 0 aliphatic carbocycles. The molecule has 4 aromatic rings. The zero-order valence-electron chi connectivity index (χ0n) is 16.9. The molecule has 0 fully saturated rings. The predicted octanol–water partition coefficient (Wildman–Crippen LogP) is 4.14. The van der Waals surface area contributed by atoms with Gasteiger partial charge in [-0.3, -0.25) is 0 Å². The van der Waals surface area contributed by atoms with Crippen molar-refractivity contribution in [2.75, 3.05) is 0 Å². The molecule has 0 radical (unpaired) electrons. The smallest absolute Gasteiger partial charge is 0.264 e. The van der Waals surface area contributed by atoms with Gasteiger partial charge in [-0.2, -0.15) is 0 Å². The number of rotatable bonds is 6. The Bertz CT molecular complexity index is 999. The van der Waals surface area contributed by atoms with Crippen LogP contribution in [0.4, 0.5) is 0 Å². The van der Waals surface area contributed by atoms with Gasteiger partial charge in [0.25, 0.3) is 14.2 Å². The molecule has 2 aromatic heterocycles. The molecule has 4 rings (SSSR count). The van der Waals surface area contributed by atoms with E-state index in [0.29, 0.717) is 11.8 Å². The third-order valence-electron chi connectivity index (χ3n) is 5.12. The number of aromatic nitrogens is 3. The highest BCUT2D eigenvalue weighted by Crippen LogP contribution is 2.37. The average molecular weight is 404 g/mol. The van der Waals surface area contributed by atoms with Gasteiger partial charge in [-0.1, -0.05) is 81.4 Å². The Hall–Kier alpha value is -2.96. The molecule has 0 bridgehead atoms. The summed E-state index contributed by atoms with van der Waals surface area (Å²) in [5, 5.41) is 10.7. The Morgan fingerprint density at radius 2 is 1.48 bits per heavy atom. The Kier molecular flexibility index (Phi) is 5.21. The molecular weight excluding hydrogens is 378 g/mol. The number of H-pyrrole nitrogens is 1. The van der Waals surface area contributed by atoms with Crippen LogP contribution in [-0.4, -0.2) is 23.5 Å².